The lowest BCUT2D eigenvalue weighted by Gasteiger charge is -2.30. The number of aryl methyl sites for hydroxylation is 3. The molecule has 0 saturated carbocycles. The Morgan fingerprint density at radius 3 is 1.60 bits per heavy atom. The van der Waals surface area contributed by atoms with Gasteiger partial charge in [-0.3, -0.25) is 0 Å². The van der Waals surface area contributed by atoms with Gasteiger partial charge in [0.25, 0.3) is 0 Å². The molecular formula is C53H37NO. The number of hydrogen-bond acceptors (Lipinski definition) is 2. The third-order valence-electron chi connectivity index (χ3n) is 11.6. The Morgan fingerprint density at radius 1 is 0.400 bits per heavy atom. The highest BCUT2D eigenvalue weighted by Gasteiger charge is 2.26. The molecule has 1 aromatic heterocycles. The number of fused-ring (bicyclic) bond motifs is 9. The summed E-state index contributed by atoms with van der Waals surface area (Å²) in [5.41, 5.74) is 19.0. The second kappa shape index (κ2) is 12.1. The topological polar surface area (TPSA) is 16.4 Å². The average molecular weight is 704 g/mol. The third-order valence-corrected chi connectivity index (χ3v) is 11.6. The van der Waals surface area contributed by atoms with E-state index in [0.717, 1.165) is 44.6 Å². The molecule has 11 rings (SSSR count). The van der Waals surface area contributed by atoms with Crippen LogP contribution in [-0.4, -0.2) is 0 Å². The fraction of sp³-hybridized carbons (Fsp3) is 0.0566. The first-order valence-electron chi connectivity index (χ1n) is 19.1. The van der Waals surface area contributed by atoms with E-state index in [4.69, 9.17) is 4.42 Å². The van der Waals surface area contributed by atoms with Crippen molar-refractivity contribution in [3.63, 3.8) is 0 Å². The monoisotopic (exact) mass is 703 g/mol. The maximum absolute atomic E-state index is 6.69. The molecule has 0 fully saturated rings. The zero-order valence-electron chi connectivity index (χ0n) is 31.0. The summed E-state index contributed by atoms with van der Waals surface area (Å²) in [7, 11) is 0. The van der Waals surface area contributed by atoms with E-state index in [-0.39, 0.29) is 0 Å². The molecule has 9 aromatic carbocycles. The van der Waals surface area contributed by atoms with Crippen LogP contribution in [0.15, 0.2) is 174 Å². The van der Waals surface area contributed by atoms with Gasteiger partial charge in [0.1, 0.15) is 5.58 Å². The lowest BCUT2D eigenvalue weighted by molar-refractivity contribution is 0.668. The van der Waals surface area contributed by atoms with Gasteiger partial charge in [-0.25, -0.2) is 0 Å². The Kier molecular flexibility index (Phi) is 6.93. The van der Waals surface area contributed by atoms with Crippen LogP contribution < -0.4 is 4.90 Å². The number of para-hydroxylation sites is 1. The van der Waals surface area contributed by atoms with Crippen molar-refractivity contribution in [2.45, 2.75) is 20.8 Å². The first-order valence-corrected chi connectivity index (χ1v) is 19.1. The van der Waals surface area contributed by atoms with Crippen LogP contribution in [0.4, 0.5) is 17.1 Å². The van der Waals surface area contributed by atoms with E-state index in [1.165, 1.54) is 77.2 Å². The summed E-state index contributed by atoms with van der Waals surface area (Å²) < 4.78 is 6.69. The van der Waals surface area contributed by atoms with Crippen LogP contribution in [0.2, 0.25) is 0 Å². The number of rotatable bonds is 5. The number of hydrogen-bond donors (Lipinski definition) is 0. The molecule has 1 aliphatic carbocycles. The first kappa shape index (κ1) is 31.6. The molecule has 0 amide bonds. The summed E-state index contributed by atoms with van der Waals surface area (Å²) in [6.07, 6.45) is 0. The zero-order valence-corrected chi connectivity index (χ0v) is 31.0. The molecule has 0 N–H and O–H groups in total. The third kappa shape index (κ3) is 4.95. The molecule has 0 unspecified atom stereocenters. The molecule has 1 heterocycles. The Hall–Kier alpha value is -6.90. The predicted octanol–water partition coefficient (Wildman–Crippen LogP) is 15.3. The minimum Gasteiger partial charge on any atom is -0.454 e. The zero-order chi connectivity index (χ0) is 36.8. The highest BCUT2D eigenvalue weighted by molar-refractivity contribution is 6.14. The quantitative estimate of drug-likeness (QED) is 0.177. The molecule has 0 spiro atoms. The SMILES string of the molecule is Cc1ccc(C)c(N(c2ccc3cc4c(cc3c2)-c2cc3cc(-c5ccccc5)c(-c5ccccc5)cc3cc2-4)c2c(C)ccc3c2oc2ccccc23)c1. The molecule has 0 bridgehead atoms. The van der Waals surface area contributed by atoms with E-state index < -0.39 is 0 Å². The molecular weight excluding hydrogens is 667 g/mol. The molecule has 2 nitrogen and oxygen atoms in total. The lowest BCUT2D eigenvalue weighted by Crippen LogP contribution is -2.13. The first-order chi connectivity index (χ1) is 27.0. The normalized spacial score (nSPS) is 11.9. The summed E-state index contributed by atoms with van der Waals surface area (Å²) >= 11 is 0. The van der Waals surface area contributed by atoms with E-state index in [1.54, 1.807) is 0 Å². The highest BCUT2D eigenvalue weighted by atomic mass is 16.3. The molecule has 0 saturated heterocycles. The second-order valence-electron chi connectivity index (χ2n) is 15.1. The molecule has 2 heteroatoms. The molecule has 260 valence electrons. The Bertz CT molecular complexity index is 3170. The molecule has 55 heavy (non-hydrogen) atoms. The van der Waals surface area contributed by atoms with Gasteiger partial charge in [0.2, 0.25) is 0 Å². The minimum atomic E-state index is 0.904. The highest BCUT2D eigenvalue weighted by Crippen LogP contribution is 2.52. The van der Waals surface area contributed by atoms with Gasteiger partial charge in [0.05, 0.1) is 5.69 Å². The van der Waals surface area contributed by atoms with E-state index in [1.807, 2.05) is 6.07 Å². The number of furan rings is 1. The lowest BCUT2D eigenvalue weighted by atomic mass is 9.77. The fourth-order valence-electron chi connectivity index (χ4n) is 8.82. The van der Waals surface area contributed by atoms with Crippen LogP contribution >= 0.6 is 0 Å². The fourth-order valence-corrected chi connectivity index (χ4v) is 8.82. The van der Waals surface area contributed by atoms with Crippen LogP contribution in [0, 0.1) is 20.8 Å². The van der Waals surface area contributed by atoms with Crippen molar-refractivity contribution in [2.75, 3.05) is 4.90 Å². The van der Waals surface area contributed by atoms with Gasteiger partial charge in [-0.1, -0.05) is 109 Å². The Balaban J connectivity index is 1.08. The Labute approximate surface area is 320 Å². The van der Waals surface area contributed by atoms with E-state index in [2.05, 4.69) is 189 Å². The summed E-state index contributed by atoms with van der Waals surface area (Å²) in [6.45, 7) is 6.56. The van der Waals surface area contributed by atoms with Gasteiger partial charge in [-0.05, 0) is 164 Å². The van der Waals surface area contributed by atoms with Gasteiger partial charge in [-0.15, -0.1) is 0 Å². The van der Waals surface area contributed by atoms with Crippen LogP contribution in [0.25, 0.3) is 88.0 Å². The number of nitrogens with zero attached hydrogens (tertiary/aromatic N) is 1. The maximum Gasteiger partial charge on any atom is 0.159 e. The number of benzene rings is 9. The van der Waals surface area contributed by atoms with Gasteiger partial charge >= 0.3 is 0 Å². The average Bonchev–Trinajstić information content (AvgIpc) is 3.60. The summed E-state index contributed by atoms with van der Waals surface area (Å²) in [6, 6.07) is 62.3. The summed E-state index contributed by atoms with van der Waals surface area (Å²) in [4.78, 5) is 2.41. The minimum absolute atomic E-state index is 0.904. The number of anilines is 3. The summed E-state index contributed by atoms with van der Waals surface area (Å²) in [5.74, 6) is 0. The van der Waals surface area contributed by atoms with Crippen LogP contribution in [0.5, 0.6) is 0 Å². The van der Waals surface area contributed by atoms with Crippen molar-refractivity contribution in [3.8, 4) is 44.5 Å². The van der Waals surface area contributed by atoms with Crippen molar-refractivity contribution >= 4 is 60.5 Å². The van der Waals surface area contributed by atoms with E-state index in [0.29, 0.717) is 0 Å². The molecule has 10 aromatic rings. The predicted molar refractivity (Wildman–Crippen MR) is 233 cm³/mol. The van der Waals surface area contributed by atoms with E-state index >= 15 is 0 Å². The van der Waals surface area contributed by atoms with Gasteiger partial charge in [0.15, 0.2) is 5.58 Å². The van der Waals surface area contributed by atoms with E-state index in [9.17, 15) is 0 Å². The van der Waals surface area contributed by atoms with Crippen LogP contribution in [0.1, 0.15) is 16.7 Å². The Morgan fingerprint density at radius 2 is 0.945 bits per heavy atom. The smallest absolute Gasteiger partial charge is 0.159 e. The van der Waals surface area contributed by atoms with Crippen LogP contribution in [0.3, 0.4) is 0 Å². The molecule has 0 radical (unpaired) electrons. The van der Waals surface area contributed by atoms with Crippen molar-refractivity contribution in [3.05, 3.63) is 187 Å². The van der Waals surface area contributed by atoms with Crippen LogP contribution in [-0.2, 0) is 0 Å². The second-order valence-corrected chi connectivity index (χ2v) is 15.1. The van der Waals surface area contributed by atoms with Crippen molar-refractivity contribution < 1.29 is 4.42 Å². The standard InChI is InChI=1S/C53H37NO/c1-32-18-19-33(2)50(24-32)54(52-34(3)20-23-43-42-16-10-11-17-51(42)55-53(43)52)41-22-21-37-26-46-47(29-38(37)25-41)49-31-40-28-45(36-14-8-5-9-15-36)44(27-39(40)30-48(46)49)35-12-6-4-7-13-35/h4-31H,1-3H3. The van der Waals surface area contributed by atoms with Crippen molar-refractivity contribution in [1.29, 1.82) is 0 Å². The van der Waals surface area contributed by atoms with Gasteiger partial charge in [0, 0.05) is 22.1 Å². The molecule has 0 aliphatic heterocycles. The van der Waals surface area contributed by atoms with Gasteiger partial charge < -0.3 is 9.32 Å². The van der Waals surface area contributed by atoms with Gasteiger partial charge in [-0.2, -0.15) is 0 Å². The largest absolute Gasteiger partial charge is 0.454 e. The van der Waals surface area contributed by atoms with Crippen molar-refractivity contribution in [1.82, 2.24) is 0 Å². The summed E-state index contributed by atoms with van der Waals surface area (Å²) in [5, 5.41) is 7.23. The maximum atomic E-state index is 6.69. The molecule has 0 atom stereocenters. The van der Waals surface area contributed by atoms with Crippen molar-refractivity contribution in [2.24, 2.45) is 0 Å². The molecule has 1 aliphatic rings.